The third-order valence-corrected chi connectivity index (χ3v) is 4.58. The number of nitrogens with one attached hydrogen (secondary N) is 2. The van der Waals surface area contributed by atoms with E-state index in [1.54, 1.807) is 29.6 Å². The Labute approximate surface area is 178 Å². The van der Waals surface area contributed by atoms with Gasteiger partial charge >= 0.3 is 12.1 Å². The number of amides is 2. The maximum absolute atomic E-state index is 11.9. The van der Waals surface area contributed by atoms with E-state index in [9.17, 15) is 22.8 Å². The number of rotatable bonds is 9. The van der Waals surface area contributed by atoms with E-state index in [4.69, 9.17) is 5.73 Å². The second-order valence-corrected chi connectivity index (χ2v) is 7.31. The molecule has 0 bridgehead atoms. The van der Waals surface area contributed by atoms with E-state index in [0.717, 1.165) is 29.7 Å². The van der Waals surface area contributed by atoms with Gasteiger partial charge in [-0.05, 0) is 48.0 Å². The van der Waals surface area contributed by atoms with E-state index in [-0.39, 0.29) is 6.54 Å². The lowest BCUT2D eigenvalue weighted by atomic mass is 10.0. The third kappa shape index (κ3) is 10.9. The second-order valence-electron chi connectivity index (χ2n) is 6.40. The minimum atomic E-state index is -4.87. The number of hydrogen-bond acceptors (Lipinski definition) is 4. The largest absolute Gasteiger partial charge is 0.471 e. The summed E-state index contributed by atoms with van der Waals surface area (Å²) in [7, 11) is 0. The van der Waals surface area contributed by atoms with Gasteiger partial charge in [0.25, 0.3) is 0 Å². The molecule has 0 aromatic heterocycles. The molecular formula is C21H26F3N3O2S. The van der Waals surface area contributed by atoms with Gasteiger partial charge in [0.2, 0.25) is 6.41 Å². The topological polar surface area (TPSA) is 84.2 Å². The first-order chi connectivity index (χ1) is 14.3. The lowest BCUT2D eigenvalue weighted by molar-refractivity contribution is -0.173. The summed E-state index contributed by atoms with van der Waals surface area (Å²) in [4.78, 5) is 21.3. The first-order valence-corrected chi connectivity index (χ1v) is 10.2. The summed E-state index contributed by atoms with van der Waals surface area (Å²) >= 11 is 1.07. The summed E-state index contributed by atoms with van der Waals surface area (Å²) in [6.45, 7) is 1.97. The van der Waals surface area contributed by atoms with Crippen LogP contribution in [0, 0.1) is 0 Å². The Morgan fingerprint density at radius 1 is 1.10 bits per heavy atom. The van der Waals surface area contributed by atoms with Crippen LogP contribution in [-0.2, 0) is 22.6 Å². The fourth-order valence-electron chi connectivity index (χ4n) is 2.44. The van der Waals surface area contributed by atoms with Crippen LogP contribution < -0.4 is 15.8 Å². The Balaban J connectivity index is 0.000000325. The lowest BCUT2D eigenvalue weighted by Gasteiger charge is -2.09. The fraction of sp³-hybridized carbons (Fsp3) is 0.333. The summed E-state index contributed by atoms with van der Waals surface area (Å²) in [6, 6.07) is 17.1. The molecule has 2 aromatic rings. The molecule has 0 aliphatic heterocycles. The van der Waals surface area contributed by atoms with Crippen molar-refractivity contribution in [2.24, 2.45) is 5.73 Å². The van der Waals surface area contributed by atoms with Gasteiger partial charge in [-0.1, -0.05) is 55.8 Å². The van der Waals surface area contributed by atoms with Crippen molar-refractivity contribution >= 4 is 24.3 Å². The minimum absolute atomic E-state index is 0.204. The Hall–Kier alpha value is -2.52. The molecular weight excluding hydrogens is 415 g/mol. The zero-order chi connectivity index (χ0) is 22.4. The van der Waals surface area contributed by atoms with Crippen LogP contribution in [0.5, 0.6) is 0 Å². The van der Waals surface area contributed by atoms with Crippen LogP contribution in [0.4, 0.5) is 13.2 Å². The van der Waals surface area contributed by atoms with Crippen molar-refractivity contribution in [3.05, 3.63) is 65.7 Å². The maximum Gasteiger partial charge on any atom is 0.471 e. The summed E-state index contributed by atoms with van der Waals surface area (Å²) in [6.07, 6.45) is -1.05. The van der Waals surface area contributed by atoms with E-state index in [0.29, 0.717) is 18.0 Å². The smallest absolute Gasteiger partial charge is 0.344 e. The van der Waals surface area contributed by atoms with Crippen LogP contribution in [-0.4, -0.2) is 24.5 Å². The van der Waals surface area contributed by atoms with Crippen molar-refractivity contribution in [2.45, 2.75) is 49.8 Å². The third-order valence-electron chi connectivity index (χ3n) is 3.86. The molecule has 4 N–H and O–H groups in total. The summed E-state index contributed by atoms with van der Waals surface area (Å²) < 4.78 is 38.1. The Bertz CT molecular complexity index is 756. The first kappa shape index (κ1) is 25.5. The van der Waals surface area contributed by atoms with Crippen LogP contribution in [0.15, 0.2) is 59.5 Å². The van der Waals surface area contributed by atoms with Crippen LogP contribution in [0.25, 0.3) is 0 Å². The van der Waals surface area contributed by atoms with Crippen LogP contribution in [0.3, 0.4) is 0 Å². The molecule has 0 aliphatic carbocycles. The standard InChI is InChI=1S/C11H17N.C10H9F3N2O2S/c1-2-6-11(12)9-10-7-4-3-5-8-10;11-10(12,13)9(17)14-5-7-1-3-8(4-2-7)18-15-6-16/h3-5,7-8,11H,2,6,9,12H2,1H3;1-4,6H,5H2,(H,14,17)(H,15,16). The van der Waals surface area contributed by atoms with Crippen molar-refractivity contribution < 1.29 is 22.8 Å². The SMILES string of the molecule is CCCC(N)Cc1ccccc1.O=CNSc1ccc(CNC(=O)C(F)(F)F)cc1. The number of alkyl halides is 3. The summed E-state index contributed by atoms with van der Waals surface area (Å²) in [5.74, 6) is -1.97. The van der Waals surface area contributed by atoms with E-state index in [1.165, 1.54) is 12.0 Å². The molecule has 1 atom stereocenters. The van der Waals surface area contributed by atoms with Gasteiger partial charge in [0.1, 0.15) is 0 Å². The van der Waals surface area contributed by atoms with E-state index < -0.39 is 12.1 Å². The van der Waals surface area contributed by atoms with Gasteiger partial charge < -0.3 is 11.1 Å². The molecule has 9 heteroatoms. The molecule has 1 unspecified atom stereocenters. The van der Waals surface area contributed by atoms with Gasteiger partial charge in [0, 0.05) is 17.5 Å². The molecule has 0 fully saturated rings. The van der Waals surface area contributed by atoms with Gasteiger partial charge in [0.15, 0.2) is 0 Å². The average Bonchev–Trinajstić information content (AvgIpc) is 2.72. The summed E-state index contributed by atoms with van der Waals surface area (Å²) in [5.41, 5.74) is 7.79. The number of hydrogen-bond donors (Lipinski definition) is 3. The predicted molar refractivity (Wildman–Crippen MR) is 112 cm³/mol. The second kappa shape index (κ2) is 13.7. The van der Waals surface area contributed by atoms with Crippen molar-refractivity contribution in [1.29, 1.82) is 0 Å². The highest BCUT2D eigenvalue weighted by Gasteiger charge is 2.38. The molecule has 30 heavy (non-hydrogen) atoms. The van der Waals surface area contributed by atoms with E-state index in [2.05, 4.69) is 35.9 Å². The van der Waals surface area contributed by atoms with Crippen molar-refractivity contribution in [1.82, 2.24) is 10.0 Å². The fourth-order valence-corrected chi connectivity index (χ4v) is 2.90. The number of carbonyl (C=O) groups excluding carboxylic acids is 2. The number of carbonyl (C=O) groups is 2. The monoisotopic (exact) mass is 441 g/mol. The van der Waals surface area contributed by atoms with E-state index in [1.807, 2.05) is 6.07 Å². The number of benzene rings is 2. The first-order valence-electron chi connectivity index (χ1n) is 9.35. The van der Waals surface area contributed by atoms with Gasteiger partial charge in [-0.15, -0.1) is 0 Å². The quantitative estimate of drug-likeness (QED) is 0.406. The molecule has 0 spiro atoms. The highest BCUT2D eigenvalue weighted by molar-refractivity contribution is 7.97. The van der Waals surface area contributed by atoms with Crippen molar-refractivity contribution in [3.63, 3.8) is 0 Å². The maximum atomic E-state index is 11.9. The molecule has 0 radical (unpaired) electrons. The molecule has 0 saturated heterocycles. The Kier molecular flexibility index (Phi) is 11.6. The van der Waals surface area contributed by atoms with Crippen LogP contribution >= 0.6 is 11.9 Å². The molecule has 5 nitrogen and oxygen atoms in total. The molecule has 2 rings (SSSR count). The zero-order valence-corrected chi connectivity index (χ0v) is 17.4. The van der Waals surface area contributed by atoms with Crippen molar-refractivity contribution in [2.75, 3.05) is 0 Å². The molecule has 0 saturated carbocycles. The molecule has 2 amide bonds. The van der Waals surface area contributed by atoms with Gasteiger partial charge in [-0.3, -0.25) is 14.3 Å². The number of halogens is 3. The summed E-state index contributed by atoms with van der Waals surface area (Å²) in [5, 5.41) is 1.76. The Morgan fingerprint density at radius 2 is 1.73 bits per heavy atom. The predicted octanol–water partition coefficient (Wildman–Crippen LogP) is 3.97. The van der Waals surface area contributed by atoms with Gasteiger partial charge in [-0.25, -0.2) is 0 Å². The van der Waals surface area contributed by atoms with Crippen molar-refractivity contribution in [3.8, 4) is 0 Å². The van der Waals surface area contributed by atoms with Crippen LogP contribution in [0.2, 0.25) is 0 Å². The van der Waals surface area contributed by atoms with Gasteiger partial charge in [0.05, 0.1) is 0 Å². The minimum Gasteiger partial charge on any atom is -0.344 e. The molecule has 164 valence electrons. The molecule has 0 aliphatic rings. The van der Waals surface area contributed by atoms with E-state index >= 15 is 0 Å². The Morgan fingerprint density at radius 3 is 2.27 bits per heavy atom. The number of nitrogens with two attached hydrogens (primary N) is 1. The molecule has 0 heterocycles. The average molecular weight is 442 g/mol. The normalized spacial score (nSPS) is 11.6. The lowest BCUT2D eigenvalue weighted by Crippen LogP contribution is -2.36. The van der Waals surface area contributed by atoms with Crippen LogP contribution in [0.1, 0.15) is 30.9 Å². The highest BCUT2D eigenvalue weighted by Crippen LogP contribution is 2.16. The zero-order valence-electron chi connectivity index (χ0n) is 16.6. The highest BCUT2D eigenvalue weighted by atomic mass is 32.2. The van der Waals surface area contributed by atoms with Gasteiger partial charge in [-0.2, -0.15) is 13.2 Å². The molecule has 2 aromatic carbocycles.